The SMILES string of the molecule is CC(C)c1ccc(Nc2ncnc(-n3nnc4ccccc43)c2N)cc1. The number of nitrogens with zero attached hydrogens (tertiary/aromatic N) is 5. The second-order valence-corrected chi connectivity index (χ2v) is 6.35. The van der Waals surface area contributed by atoms with Crippen LogP contribution in [0, 0.1) is 0 Å². The minimum atomic E-state index is 0.413. The molecule has 26 heavy (non-hydrogen) atoms. The standard InChI is InChI=1S/C19H19N7/c1-12(2)13-7-9-14(10-8-13)23-18-17(20)19(22-11-21-18)26-16-6-4-3-5-15(16)24-25-26/h3-12H,20H2,1-2H3,(H,21,22,23). The maximum atomic E-state index is 6.32. The van der Waals surface area contributed by atoms with Crippen LogP contribution in [-0.4, -0.2) is 25.0 Å². The zero-order valence-corrected chi connectivity index (χ0v) is 14.6. The maximum Gasteiger partial charge on any atom is 0.184 e. The van der Waals surface area contributed by atoms with Crippen molar-refractivity contribution in [2.24, 2.45) is 0 Å². The molecule has 7 nitrogen and oxygen atoms in total. The highest BCUT2D eigenvalue weighted by Crippen LogP contribution is 2.27. The molecule has 4 rings (SSSR count). The van der Waals surface area contributed by atoms with Crippen molar-refractivity contribution >= 4 is 28.2 Å². The van der Waals surface area contributed by atoms with Gasteiger partial charge in [-0.15, -0.1) is 5.10 Å². The van der Waals surface area contributed by atoms with Gasteiger partial charge < -0.3 is 11.1 Å². The molecule has 2 heterocycles. The Labute approximate surface area is 150 Å². The zero-order chi connectivity index (χ0) is 18.1. The van der Waals surface area contributed by atoms with Crippen molar-refractivity contribution in [2.45, 2.75) is 19.8 Å². The van der Waals surface area contributed by atoms with Crippen LogP contribution in [0.25, 0.3) is 16.9 Å². The molecular weight excluding hydrogens is 326 g/mol. The Kier molecular flexibility index (Phi) is 3.96. The molecule has 2 aromatic heterocycles. The van der Waals surface area contributed by atoms with E-state index in [-0.39, 0.29) is 0 Å². The van der Waals surface area contributed by atoms with Gasteiger partial charge in [-0.3, -0.25) is 0 Å². The third-order valence-corrected chi connectivity index (χ3v) is 4.26. The summed E-state index contributed by atoms with van der Waals surface area (Å²) in [4.78, 5) is 8.57. The van der Waals surface area contributed by atoms with E-state index in [0.717, 1.165) is 16.7 Å². The molecule has 0 saturated heterocycles. The summed E-state index contributed by atoms with van der Waals surface area (Å²) >= 11 is 0. The molecule has 0 radical (unpaired) electrons. The number of hydrogen-bond donors (Lipinski definition) is 2. The number of hydrogen-bond acceptors (Lipinski definition) is 6. The van der Waals surface area contributed by atoms with E-state index < -0.39 is 0 Å². The van der Waals surface area contributed by atoms with Crippen LogP contribution >= 0.6 is 0 Å². The summed E-state index contributed by atoms with van der Waals surface area (Å²) in [7, 11) is 0. The summed E-state index contributed by atoms with van der Waals surface area (Å²) < 4.78 is 1.62. The molecular formula is C19H19N7. The Morgan fingerprint density at radius 1 is 1.00 bits per heavy atom. The molecule has 0 aliphatic rings. The highest BCUT2D eigenvalue weighted by Gasteiger charge is 2.14. The number of anilines is 3. The van der Waals surface area contributed by atoms with Gasteiger partial charge in [0.1, 0.15) is 17.5 Å². The second-order valence-electron chi connectivity index (χ2n) is 6.35. The van der Waals surface area contributed by atoms with Crippen molar-refractivity contribution in [2.75, 3.05) is 11.1 Å². The lowest BCUT2D eigenvalue weighted by molar-refractivity contribution is 0.800. The molecule has 0 bridgehead atoms. The van der Waals surface area contributed by atoms with Crippen LogP contribution in [-0.2, 0) is 0 Å². The van der Waals surface area contributed by atoms with Gasteiger partial charge in [0, 0.05) is 5.69 Å². The predicted molar refractivity (Wildman–Crippen MR) is 103 cm³/mol. The average molecular weight is 345 g/mol. The van der Waals surface area contributed by atoms with Crippen molar-refractivity contribution in [3.63, 3.8) is 0 Å². The van der Waals surface area contributed by atoms with Gasteiger partial charge in [-0.1, -0.05) is 43.3 Å². The molecule has 0 aliphatic carbocycles. The first-order chi connectivity index (χ1) is 12.6. The minimum Gasteiger partial charge on any atom is -0.393 e. The predicted octanol–water partition coefficient (Wildman–Crippen LogP) is 3.66. The molecule has 0 atom stereocenters. The third kappa shape index (κ3) is 2.83. The summed E-state index contributed by atoms with van der Waals surface area (Å²) in [5.74, 6) is 1.52. The highest BCUT2D eigenvalue weighted by atomic mass is 15.4. The normalized spacial score (nSPS) is 11.2. The lowest BCUT2D eigenvalue weighted by atomic mass is 10.0. The minimum absolute atomic E-state index is 0.413. The topological polar surface area (TPSA) is 94.5 Å². The van der Waals surface area contributed by atoms with Gasteiger partial charge in [-0.2, -0.15) is 4.68 Å². The first-order valence-corrected chi connectivity index (χ1v) is 8.42. The average Bonchev–Trinajstić information content (AvgIpc) is 3.08. The first-order valence-electron chi connectivity index (χ1n) is 8.42. The van der Waals surface area contributed by atoms with Crippen LogP contribution in [0.15, 0.2) is 54.9 Å². The molecule has 0 saturated carbocycles. The van der Waals surface area contributed by atoms with Gasteiger partial charge >= 0.3 is 0 Å². The van der Waals surface area contributed by atoms with Gasteiger partial charge in [0.2, 0.25) is 0 Å². The summed E-state index contributed by atoms with van der Waals surface area (Å²) in [6.07, 6.45) is 1.47. The lowest BCUT2D eigenvalue weighted by Gasteiger charge is -2.12. The Bertz CT molecular complexity index is 1050. The van der Waals surface area contributed by atoms with Crippen LogP contribution in [0.2, 0.25) is 0 Å². The smallest absolute Gasteiger partial charge is 0.184 e. The maximum absolute atomic E-state index is 6.32. The Morgan fingerprint density at radius 3 is 2.54 bits per heavy atom. The van der Waals surface area contributed by atoms with E-state index in [1.807, 2.05) is 36.4 Å². The van der Waals surface area contributed by atoms with E-state index in [9.17, 15) is 0 Å². The molecule has 3 N–H and O–H groups in total. The zero-order valence-electron chi connectivity index (χ0n) is 14.6. The summed E-state index contributed by atoms with van der Waals surface area (Å²) in [6.45, 7) is 4.33. The van der Waals surface area contributed by atoms with Gasteiger partial charge in [0.05, 0.1) is 5.52 Å². The van der Waals surface area contributed by atoms with E-state index in [1.165, 1.54) is 11.9 Å². The summed E-state index contributed by atoms with van der Waals surface area (Å²) in [6, 6.07) is 15.9. The molecule has 0 spiro atoms. The summed E-state index contributed by atoms with van der Waals surface area (Å²) in [5, 5.41) is 11.6. The van der Waals surface area contributed by atoms with Gasteiger partial charge in [0.25, 0.3) is 0 Å². The number of aromatic nitrogens is 5. The van der Waals surface area contributed by atoms with E-state index in [2.05, 4.69) is 51.6 Å². The Hall–Kier alpha value is -3.48. The van der Waals surface area contributed by atoms with Gasteiger partial charge in [-0.25, -0.2) is 9.97 Å². The molecule has 0 unspecified atom stereocenters. The monoisotopic (exact) mass is 345 g/mol. The quantitative estimate of drug-likeness (QED) is 0.586. The fourth-order valence-electron chi connectivity index (χ4n) is 2.77. The molecule has 2 aromatic carbocycles. The number of nitrogen functional groups attached to an aromatic ring is 1. The number of benzene rings is 2. The molecule has 4 aromatic rings. The van der Waals surface area contributed by atoms with Crippen molar-refractivity contribution in [3.8, 4) is 5.82 Å². The van der Waals surface area contributed by atoms with E-state index in [1.54, 1.807) is 4.68 Å². The molecule has 130 valence electrons. The van der Waals surface area contributed by atoms with E-state index in [0.29, 0.717) is 23.2 Å². The van der Waals surface area contributed by atoms with Crippen LogP contribution in [0.1, 0.15) is 25.3 Å². The van der Waals surface area contributed by atoms with Gasteiger partial charge in [0.15, 0.2) is 11.6 Å². The molecule has 0 fully saturated rings. The van der Waals surface area contributed by atoms with E-state index in [4.69, 9.17) is 5.73 Å². The van der Waals surface area contributed by atoms with Crippen LogP contribution in [0.4, 0.5) is 17.2 Å². The van der Waals surface area contributed by atoms with E-state index >= 15 is 0 Å². The van der Waals surface area contributed by atoms with Crippen molar-refractivity contribution < 1.29 is 0 Å². The Morgan fingerprint density at radius 2 is 1.77 bits per heavy atom. The molecule has 7 heteroatoms. The van der Waals surface area contributed by atoms with Crippen LogP contribution < -0.4 is 11.1 Å². The van der Waals surface area contributed by atoms with Crippen LogP contribution in [0.3, 0.4) is 0 Å². The molecule has 0 aliphatic heterocycles. The number of nitrogens with one attached hydrogen (secondary N) is 1. The largest absolute Gasteiger partial charge is 0.393 e. The number of para-hydroxylation sites is 1. The number of nitrogens with two attached hydrogens (primary N) is 1. The fourth-order valence-corrected chi connectivity index (χ4v) is 2.77. The van der Waals surface area contributed by atoms with Crippen LogP contribution in [0.5, 0.6) is 0 Å². The lowest BCUT2D eigenvalue weighted by Crippen LogP contribution is -2.08. The van der Waals surface area contributed by atoms with Crippen molar-refractivity contribution in [3.05, 3.63) is 60.4 Å². The first kappa shape index (κ1) is 16.0. The third-order valence-electron chi connectivity index (χ3n) is 4.26. The van der Waals surface area contributed by atoms with Gasteiger partial charge in [-0.05, 0) is 35.7 Å². The highest BCUT2D eigenvalue weighted by molar-refractivity contribution is 5.80. The Balaban J connectivity index is 1.70. The fraction of sp³-hybridized carbons (Fsp3) is 0.158. The summed E-state index contributed by atoms with van der Waals surface area (Å²) in [5.41, 5.74) is 10.5. The number of rotatable bonds is 4. The molecule has 0 amide bonds. The second kappa shape index (κ2) is 6.44. The van der Waals surface area contributed by atoms with Crippen molar-refractivity contribution in [1.29, 1.82) is 0 Å². The van der Waals surface area contributed by atoms with Crippen molar-refractivity contribution in [1.82, 2.24) is 25.0 Å². The number of fused-ring (bicyclic) bond motifs is 1.